The van der Waals surface area contributed by atoms with Crippen molar-refractivity contribution in [3.8, 4) is 23.0 Å². The van der Waals surface area contributed by atoms with Gasteiger partial charge in [-0.1, -0.05) is 44.2 Å². The molecule has 1 aliphatic rings. The molecule has 0 saturated carbocycles. The Morgan fingerprint density at radius 1 is 1.07 bits per heavy atom. The fourth-order valence-corrected chi connectivity index (χ4v) is 3.87. The predicted octanol–water partition coefficient (Wildman–Crippen LogP) is 3.82. The Bertz CT molecular complexity index is 1430. The van der Waals surface area contributed by atoms with Crippen LogP contribution < -0.4 is 29.7 Å². The van der Waals surface area contributed by atoms with Gasteiger partial charge in [-0.15, -0.1) is 0 Å². The van der Waals surface area contributed by atoms with Crippen LogP contribution in [-0.4, -0.2) is 42.9 Å². The second-order valence-electron chi connectivity index (χ2n) is 9.09. The molecule has 2 N–H and O–H groups in total. The van der Waals surface area contributed by atoms with E-state index in [-0.39, 0.29) is 42.1 Å². The zero-order valence-corrected chi connectivity index (χ0v) is 22.1. The van der Waals surface area contributed by atoms with E-state index in [0.29, 0.717) is 17.1 Å². The molecule has 4 rings (SSSR count). The van der Waals surface area contributed by atoms with Crippen molar-refractivity contribution < 1.29 is 33.5 Å². The summed E-state index contributed by atoms with van der Waals surface area (Å²) in [6.07, 6.45) is 1.14. The van der Waals surface area contributed by atoms with Crippen LogP contribution in [-0.2, 0) is 11.4 Å². The number of nitro groups is 1. The van der Waals surface area contributed by atoms with Gasteiger partial charge in [-0.3, -0.25) is 19.7 Å². The van der Waals surface area contributed by atoms with Crippen LogP contribution in [0.3, 0.4) is 0 Å². The number of fused-ring (bicyclic) bond motifs is 1. The zero-order chi connectivity index (χ0) is 28.6. The van der Waals surface area contributed by atoms with E-state index in [4.69, 9.17) is 18.9 Å². The van der Waals surface area contributed by atoms with Crippen molar-refractivity contribution in [3.63, 3.8) is 0 Å². The number of nitrogens with one attached hydrogen (secondary N) is 2. The van der Waals surface area contributed by atoms with Crippen LogP contribution in [0.25, 0.3) is 0 Å². The number of hydrogen-bond donors (Lipinski definition) is 2. The molecule has 3 aromatic carbocycles. The summed E-state index contributed by atoms with van der Waals surface area (Å²) in [5.41, 5.74) is 3.32. The predicted molar refractivity (Wildman–Crippen MR) is 145 cm³/mol. The summed E-state index contributed by atoms with van der Waals surface area (Å²) in [6.45, 7) is 3.78. The molecule has 1 heterocycles. The third-order valence-electron chi connectivity index (χ3n) is 6.00. The van der Waals surface area contributed by atoms with Gasteiger partial charge in [0.05, 0.1) is 29.9 Å². The number of benzene rings is 3. The maximum Gasteiger partial charge on any atom is 0.282 e. The molecular weight excluding hydrogens is 520 g/mol. The summed E-state index contributed by atoms with van der Waals surface area (Å²) in [7, 11) is 1.41. The van der Waals surface area contributed by atoms with E-state index in [0.717, 1.165) is 11.8 Å². The monoisotopic (exact) mass is 548 g/mol. The van der Waals surface area contributed by atoms with E-state index >= 15 is 0 Å². The molecule has 40 heavy (non-hydrogen) atoms. The average molecular weight is 549 g/mol. The summed E-state index contributed by atoms with van der Waals surface area (Å²) in [4.78, 5) is 36.9. The average Bonchev–Trinajstić information content (AvgIpc) is 3.43. The highest BCUT2D eigenvalue weighted by atomic mass is 16.7. The van der Waals surface area contributed by atoms with Crippen LogP contribution in [0.5, 0.6) is 23.0 Å². The highest BCUT2D eigenvalue weighted by Gasteiger charge is 2.26. The van der Waals surface area contributed by atoms with Gasteiger partial charge in [0.15, 0.2) is 23.0 Å². The number of hydrogen-bond acceptors (Lipinski definition) is 9. The number of amides is 2. The van der Waals surface area contributed by atoms with E-state index in [9.17, 15) is 19.7 Å². The van der Waals surface area contributed by atoms with E-state index < -0.39 is 22.8 Å². The van der Waals surface area contributed by atoms with Gasteiger partial charge in [0.25, 0.3) is 17.5 Å². The SMILES string of the molecule is COc1cc(/C=N/NC(=O)[C@H](NC(=O)c2ccc3c(c2)OCO3)C(C)C)c([N+](=O)[O-])cc1OCc1ccccc1. The first-order chi connectivity index (χ1) is 19.3. The van der Waals surface area contributed by atoms with Crippen LogP contribution >= 0.6 is 0 Å². The van der Waals surface area contributed by atoms with Crippen molar-refractivity contribution >= 4 is 23.7 Å². The fraction of sp³-hybridized carbons (Fsp3) is 0.250. The normalized spacial score (nSPS) is 12.7. The van der Waals surface area contributed by atoms with Gasteiger partial charge < -0.3 is 24.3 Å². The lowest BCUT2D eigenvalue weighted by Gasteiger charge is -2.20. The molecule has 208 valence electrons. The number of carbonyl (C=O) groups is 2. The third kappa shape index (κ3) is 6.65. The molecule has 0 fully saturated rings. The summed E-state index contributed by atoms with van der Waals surface area (Å²) >= 11 is 0. The Labute approximate surface area is 230 Å². The van der Waals surface area contributed by atoms with E-state index in [1.54, 1.807) is 26.0 Å². The molecule has 3 aromatic rings. The van der Waals surface area contributed by atoms with Crippen molar-refractivity contribution in [2.75, 3.05) is 13.9 Å². The minimum absolute atomic E-state index is 0.0723. The topological polar surface area (TPSA) is 151 Å². The molecule has 0 saturated heterocycles. The number of nitro benzene ring substituents is 1. The van der Waals surface area contributed by atoms with Crippen LogP contribution in [0.1, 0.15) is 35.3 Å². The van der Waals surface area contributed by atoms with Crippen LogP contribution in [0.2, 0.25) is 0 Å². The highest BCUT2D eigenvalue weighted by molar-refractivity contribution is 5.98. The number of nitrogens with zero attached hydrogens (tertiary/aromatic N) is 2. The minimum Gasteiger partial charge on any atom is -0.493 e. The van der Waals surface area contributed by atoms with Crippen LogP contribution in [0.4, 0.5) is 5.69 Å². The standard InChI is InChI=1S/C28H28N4O8/c1-17(2)26(30-27(33)19-9-10-22-24(11-19)40-16-39-22)28(34)31-29-14-20-12-23(37-3)25(13-21(20)32(35)36)38-15-18-7-5-4-6-8-18/h4-14,17,26H,15-16H2,1-3H3,(H,30,33)(H,31,34)/b29-14+/t26-/m1/s1. The number of rotatable bonds is 11. The Balaban J connectivity index is 1.45. The largest absolute Gasteiger partial charge is 0.493 e. The van der Waals surface area contributed by atoms with Crippen molar-refractivity contribution in [1.82, 2.24) is 10.7 Å². The smallest absolute Gasteiger partial charge is 0.282 e. The number of hydrazone groups is 1. The Kier molecular flexibility index (Phi) is 8.79. The second-order valence-corrected chi connectivity index (χ2v) is 9.09. The molecule has 0 unspecified atom stereocenters. The summed E-state index contributed by atoms with van der Waals surface area (Å²) < 4.78 is 21.7. The lowest BCUT2D eigenvalue weighted by Crippen LogP contribution is -2.48. The van der Waals surface area contributed by atoms with Gasteiger partial charge in [0.2, 0.25) is 6.79 Å². The van der Waals surface area contributed by atoms with Gasteiger partial charge in [-0.2, -0.15) is 5.10 Å². The highest BCUT2D eigenvalue weighted by Crippen LogP contribution is 2.35. The summed E-state index contributed by atoms with van der Waals surface area (Å²) in [5.74, 6) is 0.0431. The van der Waals surface area contributed by atoms with E-state index in [2.05, 4.69) is 15.8 Å². The Morgan fingerprint density at radius 3 is 2.52 bits per heavy atom. The number of carbonyl (C=O) groups excluding carboxylic acids is 2. The van der Waals surface area contributed by atoms with Crippen LogP contribution in [0.15, 0.2) is 65.8 Å². The Morgan fingerprint density at radius 2 is 1.82 bits per heavy atom. The maximum atomic E-state index is 12.9. The molecular formula is C28H28N4O8. The first kappa shape index (κ1) is 27.9. The second kappa shape index (κ2) is 12.6. The molecule has 12 heteroatoms. The quantitative estimate of drug-likeness (QED) is 0.209. The summed E-state index contributed by atoms with van der Waals surface area (Å²) in [6, 6.07) is 15.7. The Hall–Kier alpha value is -5.13. The van der Waals surface area contributed by atoms with Crippen molar-refractivity contribution in [1.29, 1.82) is 0 Å². The maximum absolute atomic E-state index is 12.9. The molecule has 1 aliphatic heterocycles. The molecule has 1 atom stereocenters. The molecule has 0 aromatic heterocycles. The van der Waals surface area contributed by atoms with E-state index in [1.165, 1.54) is 25.3 Å². The lowest BCUT2D eigenvalue weighted by atomic mass is 10.0. The van der Waals surface area contributed by atoms with Gasteiger partial charge >= 0.3 is 0 Å². The molecule has 0 aliphatic carbocycles. The van der Waals surface area contributed by atoms with Crippen LogP contribution in [0, 0.1) is 16.0 Å². The zero-order valence-electron chi connectivity index (χ0n) is 22.1. The van der Waals surface area contributed by atoms with E-state index in [1.807, 2.05) is 30.3 Å². The molecule has 0 radical (unpaired) electrons. The first-order valence-corrected chi connectivity index (χ1v) is 12.3. The fourth-order valence-electron chi connectivity index (χ4n) is 3.87. The molecule has 0 spiro atoms. The number of methoxy groups -OCH3 is 1. The molecule has 12 nitrogen and oxygen atoms in total. The van der Waals surface area contributed by atoms with Gasteiger partial charge in [0, 0.05) is 5.56 Å². The van der Waals surface area contributed by atoms with Gasteiger partial charge in [-0.25, -0.2) is 5.43 Å². The van der Waals surface area contributed by atoms with Crippen molar-refractivity contribution in [2.24, 2.45) is 11.0 Å². The lowest BCUT2D eigenvalue weighted by molar-refractivity contribution is -0.385. The molecule has 0 bridgehead atoms. The molecule has 2 amide bonds. The van der Waals surface area contributed by atoms with Crippen molar-refractivity contribution in [2.45, 2.75) is 26.5 Å². The van der Waals surface area contributed by atoms with Gasteiger partial charge in [0.1, 0.15) is 12.6 Å². The first-order valence-electron chi connectivity index (χ1n) is 12.3. The summed E-state index contributed by atoms with van der Waals surface area (Å²) in [5, 5.41) is 18.4. The van der Waals surface area contributed by atoms with Gasteiger partial charge in [-0.05, 0) is 35.7 Å². The third-order valence-corrected chi connectivity index (χ3v) is 6.00. The number of ether oxygens (including phenoxy) is 4. The van der Waals surface area contributed by atoms with Crippen molar-refractivity contribution in [3.05, 3.63) is 87.5 Å². The minimum atomic E-state index is -0.937.